The number of fused-ring (bicyclic) bond motifs is 1. The molecule has 3 aromatic rings. The molecule has 0 bridgehead atoms. The fourth-order valence-electron chi connectivity index (χ4n) is 2.38. The zero-order chi connectivity index (χ0) is 18.7. The number of ketones is 1. The Morgan fingerprint density at radius 1 is 1.12 bits per heavy atom. The molecule has 0 aliphatic carbocycles. The standard InChI is InChI=1S/C19H14FNO5/c1-11(22)21-13-4-6-15(16(20)8-13)17(23)10-25-14-5-2-12-3-7-19(24)26-18(12)9-14/h2-9H,10H2,1H3,(H,21,22). The Labute approximate surface area is 147 Å². The van der Waals surface area contributed by atoms with Gasteiger partial charge in [-0.15, -0.1) is 0 Å². The van der Waals surface area contributed by atoms with Crippen molar-refractivity contribution in [2.75, 3.05) is 11.9 Å². The second-order valence-electron chi connectivity index (χ2n) is 5.54. The summed E-state index contributed by atoms with van der Waals surface area (Å²) in [5.41, 5.74) is -0.0520. The van der Waals surface area contributed by atoms with E-state index in [0.29, 0.717) is 16.7 Å². The monoisotopic (exact) mass is 355 g/mol. The number of hydrogen-bond acceptors (Lipinski definition) is 5. The number of hydrogen-bond donors (Lipinski definition) is 1. The minimum Gasteiger partial charge on any atom is -0.485 e. The molecule has 0 aliphatic rings. The van der Waals surface area contributed by atoms with Gasteiger partial charge in [0.2, 0.25) is 11.7 Å². The average molecular weight is 355 g/mol. The molecule has 26 heavy (non-hydrogen) atoms. The Hall–Kier alpha value is -3.48. The van der Waals surface area contributed by atoms with Crippen LogP contribution in [0.25, 0.3) is 11.0 Å². The third kappa shape index (κ3) is 3.94. The van der Waals surface area contributed by atoms with Crippen LogP contribution in [0.3, 0.4) is 0 Å². The van der Waals surface area contributed by atoms with Crippen molar-refractivity contribution >= 4 is 28.3 Å². The average Bonchev–Trinajstić information content (AvgIpc) is 2.58. The van der Waals surface area contributed by atoms with E-state index in [1.807, 2.05) is 0 Å². The van der Waals surface area contributed by atoms with Crippen LogP contribution in [0.5, 0.6) is 5.75 Å². The topological polar surface area (TPSA) is 85.6 Å². The van der Waals surface area contributed by atoms with Crippen LogP contribution in [0.1, 0.15) is 17.3 Å². The lowest BCUT2D eigenvalue weighted by Gasteiger charge is -2.08. The van der Waals surface area contributed by atoms with Gasteiger partial charge in [0, 0.05) is 30.1 Å². The van der Waals surface area contributed by atoms with Gasteiger partial charge < -0.3 is 14.5 Å². The summed E-state index contributed by atoms with van der Waals surface area (Å²) in [4.78, 5) is 34.4. The van der Waals surface area contributed by atoms with E-state index in [0.717, 1.165) is 6.07 Å². The maximum atomic E-state index is 14.1. The van der Waals surface area contributed by atoms with Crippen LogP contribution in [0.4, 0.5) is 10.1 Å². The molecule has 0 unspecified atom stereocenters. The van der Waals surface area contributed by atoms with Crippen molar-refractivity contribution in [1.29, 1.82) is 0 Å². The first-order valence-corrected chi connectivity index (χ1v) is 7.69. The van der Waals surface area contributed by atoms with Crippen LogP contribution in [-0.4, -0.2) is 18.3 Å². The number of rotatable bonds is 5. The molecule has 1 amide bonds. The fourth-order valence-corrected chi connectivity index (χ4v) is 2.38. The number of halogens is 1. The molecule has 1 N–H and O–H groups in total. The quantitative estimate of drug-likeness (QED) is 0.561. The van der Waals surface area contributed by atoms with E-state index in [1.165, 1.54) is 31.2 Å². The normalized spacial score (nSPS) is 10.5. The number of carbonyl (C=O) groups excluding carboxylic acids is 2. The lowest BCUT2D eigenvalue weighted by molar-refractivity contribution is -0.114. The van der Waals surface area contributed by atoms with E-state index >= 15 is 0 Å². The molecular formula is C19H14FNO5. The molecule has 0 saturated carbocycles. The van der Waals surface area contributed by atoms with E-state index in [4.69, 9.17) is 9.15 Å². The molecule has 6 nitrogen and oxygen atoms in total. The van der Waals surface area contributed by atoms with E-state index in [1.54, 1.807) is 18.2 Å². The lowest BCUT2D eigenvalue weighted by Crippen LogP contribution is -2.14. The van der Waals surface area contributed by atoms with Gasteiger partial charge in [-0.25, -0.2) is 9.18 Å². The molecule has 0 saturated heterocycles. The molecule has 0 atom stereocenters. The third-order valence-corrected chi connectivity index (χ3v) is 3.55. The summed E-state index contributed by atoms with van der Waals surface area (Å²) in [5, 5.41) is 3.14. The highest BCUT2D eigenvalue weighted by Gasteiger charge is 2.14. The molecule has 1 heterocycles. The smallest absolute Gasteiger partial charge is 0.336 e. The van der Waals surface area contributed by atoms with Crippen LogP contribution in [-0.2, 0) is 4.79 Å². The number of benzene rings is 2. The van der Waals surface area contributed by atoms with Crippen LogP contribution in [0, 0.1) is 5.82 Å². The molecule has 0 fully saturated rings. The van der Waals surface area contributed by atoms with Crippen molar-refractivity contribution in [3.63, 3.8) is 0 Å². The van der Waals surface area contributed by atoms with Gasteiger partial charge in [-0.05, 0) is 36.4 Å². The molecular weight excluding hydrogens is 341 g/mol. The van der Waals surface area contributed by atoms with Gasteiger partial charge in [0.15, 0.2) is 6.61 Å². The van der Waals surface area contributed by atoms with E-state index < -0.39 is 17.2 Å². The van der Waals surface area contributed by atoms with Crippen LogP contribution in [0.2, 0.25) is 0 Å². The molecule has 7 heteroatoms. The second-order valence-corrected chi connectivity index (χ2v) is 5.54. The highest BCUT2D eigenvalue weighted by atomic mass is 19.1. The van der Waals surface area contributed by atoms with Gasteiger partial charge in [0.25, 0.3) is 0 Å². The molecule has 0 radical (unpaired) electrons. The highest BCUT2D eigenvalue weighted by Crippen LogP contribution is 2.20. The minimum atomic E-state index is -0.755. The number of nitrogens with one attached hydrogen (secondary N) is 1. The summed E-state index contributed by atoms with van der Waals surface area (Å²) in [7, 11) is 0. The molecule has 2 aromatic carbocycles. The number of Topliss-reactive ketones (excluding diaryl/α,β-unsaturated/α-hetero) is 1. The first kappa shape index (κ1) is 17.3. The molecule has 132 valence electrons. The Morgan fingerprint density at radius 3 is 2.62 bits per heavy atom. The predicted octanol–water partition coefficient (Wildman–Crippen LogP) is 3.15. The Kier molecular flexibility index (Phi) is 4.79. The molecule has 0 spiro atoms. The Morgan fingerprint density at radius 2 is 1.88 bits per heavy atom. The van der Waals surface area contributed by atoms with Crippen LogP contribution >= 0.6 is 0 Å². The van der Waals surface area contributed by atoms with Gasteiger partial charge in [0.1, 0.15) is 17.1 Å². The molecule has 1 aromatic heterocycles. The van der Waals surface area contributed by atoms with E-state index in [2.05, 4.69) is 5.32 Å². The zero-order valence-electron chi connectivity index (χ0n) is 13.7. The molecule has 0 aliphatic heterocycles. The number of carbonyl (C=O) groups is 2. The summed E-state index contributed by atoms with van der Waals surface area (Å²) < 4.78 is 24.5. The summed E-state index contributed by atoms with van der Waals surface area (Å²) in [6.07, 6.45) is 0. The third-order valence-electron chi connectivity index (χ3n) is 3.55. The van der Waals surface area contributed by atoms with Crippen molar-refractivity contribution in [3.05, 3.63) is 70.3 Å². The zero-order valence-corrected chi connectivity index (χ0v) is 13.7. The van der Waals surface area contributed by atoms with Gasteiger partial charge in [0.05, 0.1) is 5.56 Å². The SMILES string of the molecule is CC(=O)Nc1ccc(C(=O)COc2ccc3ccc(=O)oc3c2)c(F)c1. The first-order valence-electron chi connectivity index (χ1n) is 7.69. The summed E-state index contributed by atoms with van der Waals surface area (Å²) in [5.74, 6) is -1.34. The number of amides is 1. The number of ether oxygens (including phenoxy) is 1. The van der Waals surface area contributed by atoms with E-state index in [9.17, 15) is 18.8 Å². The summed E-state index contributed by atoms with van der Waals surface area (Å²) in [6, 6.07) is 11.5. The van der Waals surface area contributed by atoms with Crippen molar-refractivity contribution in [2.45, 2.75) is 6.92 Å². The van der Waals surface area contributed by atoms with Crippen molar-refractivity contribution in [2.24, 2.45) is 0 Å². The predicted molar refractivity (Wildman–Crippen MR) is 93.0 cm³/mol. The maximum Gasteiger partial charge on any atom is 0.336 e. The largest absolute Gasteiger partial charge is 0.485 e. The van der Waals surface area contributed by atoms with E-state index in [-0.39, 0.29) is 23.8 Å². The van der Waals surface area contributed by atoms with Gasteiger partial charge in [-0.2, -0.15) is 0 Å². The minimum absolute atomic E-state index is 0.147. The highest BCUT2D eigenvalue weighted by molar-refractivity contribution is 5.98. The van der Waals surface area contributed by atoms with Crippen LogP contribution < -0.4 is 15.7 Å². The van der Waals surface area contributed by atoms with Gasteiger partial charge in [-0.1, -0.05) is 0 Å². The lowest BCUT2D eigenvalue weighted by atomic mass is 10.1. The Balaban J connectivity index is 1.72. The van der Waals surface area contributed by atoms with Crippen molar-refractivity contribution in [1.82, 2.24) is 0 Å². The van der Waals surface area contributed by atoms with Crippen molar-refractivity contribution < 1.29 is 23.1 Å². The maximum absolute atomic E-state index is 14.1. The Bertz CT molecular complexity index is 1060. The van der Waals surface area contributed by atoms with Crippen LogP contribution in [0.15, 0.2) is 57.7 Å². The summed E-state index contributed by atoms with van der Waals surface area (Å²) in [6.45, 7) is 0.912. The molecule has 3 rings (SSSR count). The fraction of sp³-hybridized carbons (Fsp3) is 0.105. The van der Waals surface area contributed by atoms with Gasteiger partial charge >= 0.3 is 5.63 Å². The van der Waals surface area contributed by atoms with Crippen molar-refractivity contribution in [3.8, 4) is 5.75 Å². The summed E-state index contributed by atoms with van der Waals surface area (Å²) >= 11 is 0. The second kappa shape index (κ2) is 7.18. The number of anilines is 1. The first-order chi connectivity index (χ1) is 12.4. The van der Waals surface area contributed by atoms with Gasteiger partial charge in [-0.3, -0.25) is 9.59 Å².